The molecule has 1 aromatic heterocycles. The van der Waals surface area contributed by atoms with E-state index >= 15 is 0 Å². The van der Waals surface area contributed by atoms with Gasteiger partial charge in [0.15, 0.2) is 0 Å². The maximum absolute atomic E-state index is 5.86. The molecule has 2 nitrogen and oxygen atoms in total. The highest BCUT2D eigenvalue weighted by molar-refractivity contribution is 9.10. The van der Waals surface area contributed by atoms with Crippen LogP contribution < -0.4 is 5.32 Å². The van der Waals surface area contributed by atoms with Gasteiger partial charge in [-0.3, -0.25) is 0 Å². The SMILES string of the molecule is CC(CCNc1cnc(Cl)c(Br)c1)c1ccccc1. The Morgan fingerprint density at radius 2 is 2.05 bits per heavy atom. The van der Waals surface area contributed by atoms with Gasteiger partial charge < -0.3 is 5.32 Å². The zero-order valence-electron chi connectivity index (χ0n) is 10.7. The van der Waals surface area contributed by atoms with Crippen molar-refractivity contribution in [2.24, 2.45) is 0 Å². The summed E-state index contributed by atoms with van der Waals surface area (Å²) >= 11 is 9.23. The van der Waals surface area contributed by atoms with Crippen molar-refractivity contribution >= 4 is 33.2 Å². The lowest BCUT2D eigenvalue weighted by Gasteiger charge is -2.13. The minimum absolute atomic E-state index is 0.489. The maximum Gasteiger partial charge on any atom is 0.143 e. The molecule has 1 unspecified atom stereocenters. The fourth-order valence-electron chi connectivity index (χ4n) is 1.90. The van der Waals surface area contributed by atoms with Crippen molar-refractivity contribution < 1.29 is 0 Å². The van der Waals surface area contributed by atoms with Crippen LogP contribution in [0.2, 0.25) is 5.15 Å². The van der Waals surface area contributed by atoms with E-state index in [1.807, 2.05) is 12.1 Å². The molecule has 0 radical (unpaired) electrons. The second kappa shape index (κ2) is 6.92. The summed E-state index contributed by atoms with van der Waals surface area (Å²) in [5.74, 6) is 0.539. The molecule has 0 aliphatic carbocycles. The molecular formula is C15H16BrClN2. The van der Waals surface area contributed by atoms with Gasteiger partial charge in [-0.2, -0.15) is 0 Å². The van der Waals surface area contributed by atoms with Gasteiger partial charge in [0.25, 0.3) is 0 Å². The summed E-state index contributed by atoms with van der Waals surface area (Å²) in [6.45, 7) is 3.15. The molecule has 1 N–H and O–H groups in total. The largest absolute Gasteiger partial charge is 0.384 e. The zero-order valence-corrected chi connectivity index (χ0v) is 13.1. The number of hydrogen-bond acceptors (Lipinski definition) is 2. The van der Waals surface area contributed by atoms with Gasteiger partial charge >= 0.3 is 0 Å². The van der Waals surface area contributed by atoms with Gasteiger partial charge in [0.05, 0.1) is 16.4 Å². The molecule has 0 fully saturated rings. The predicted octanol–water partition coefficient (Wildman–Crippen LogP) is 5.10. The summed E-state index contributed by atoms with van der Waals surface area (Å²) in [6, 6.07) is 12.5. The Bertz CT molecular complexity index is 531. The molecule has 0 bridgehead atoms. The number of pyridine rings is 1. The van der Waals surface area contributed by atoms with Crippen molar-refractivity contribution in [1.29, 1.82) is 0 Å². The van der Waals surface area contributed by atoms with Crippen molar-refractivity contribution in [3.63, 3.8) is 0 Å². The molecule has 0 saturated heterocycles. The first-order valence-electron chi connectivity index (χ1n) is 6.26. The zero-order chi connectivity index (χ0) is 13.7. The summed E-state index contributed by atoms with van der Waals surface area (Å²) in [6.07, 6.45) is 2.82. The lowest BCUT2D eigenvalue weighted by atomic mass is 9.98. The number of rotatable bonds is 5. The van der Waals surface area contributed by atoms with Crippen molar-refractivity contribution in [1.82, 2.24) is 4.98 Å². The predicted molar refractivity (Wildman–Crippen MR) is 84.9 cm³/mol. The number of nitrogens with zero attached hydrogens (tertiary/aromatic N) is 1. The lowest BCUT2D eigenvalue weighted by molar-refractivity contribution is 0.706. The highest BCUT2D eigenvalue weighted by Gasteiger charge is 2.05. The van der Waals surface area contributed by atoms with Gasteiger partial charge in [-0.05, 0) is 39.9 Å². The molecule has 1 atom stereocenters. The molecule has 4 heteroatoms. The topological polar surface area (TPSA) is 24.9 Å². The third-order valence-corrected chi connectivity index (χ3v) is 4.21. The van der Waals surface area contributed by atoms with Gasteiger partial charge in [0.2, 0.25) is 0 Å². The molecule has 19 heavy (non-hydrogen) atoms. The average molecular weight is 340 g/mol. The van der Waals surface area contributed by atoms with Crippen LogP contribution in [-0.2, 0) is 0 Å². The Kier molecular flexibility index (Phi) is 5.23. The Balaban J connectivity index is 1.85. The van der Waals surface area contributed by atoms with E-state index in [1.54, 1.807) is 6.20 Å². The highest BCUT2D eigenvalue weighted by Crippen LogP contribution is 2.23. The number of halogens is 2. The molecule has 2 aromatic rings. The van der Waals surface area contributed by atoms with Gasteiger partial charge in [0, 0.05) is 6.54 Å². The van der Waals surface area contributed by atoms with E-state index in [-0.39, 0.29) is 0 Å². The van der Waals surface area contributed by atoms with Crippen LogP contribution in [-0.4, -0.2) is 11.5 Å². The van der Waals surface area contributed by atoms with Crippen LogP contribution in [0, 0.1) is 0 Å². The number of aromatic nitrogens is 1. The number of benzene rings is 1. The van der Waals surface area contributed by atoms with Crippen LogP contribution in [0.5, 0.6) is 0 Å². The van der Waals surface area contributed by atoms with Crippen LogP contribution in [0.3, 0.4) is 0 Å². The molecule has 1 aromatic carbocycles. The average Bonchev–Trinajstić information content (AvgIpc) is 2.43. The Morgan fingerprint density at radius 1 is 1.32 bits per heavy atom. The van der Waals surface area contributed by atoms with E-state index in [0.717, 1.165) is 23.1 Å². The molecule has 0 saturated carbocycles. The Hall–Kier alpha value is -1.06. The van der Waals surface area contributed by atoms with E-state index in [4.69, 9.17) is 11.6 Å². The van der Waals surface area contributed by atoms with E-state index in [2.05, 4.69) is 57.4 Å². The minimum atomic E-state index is 0.489. The maximum atomic E-state index is 5.86. The summed E-state index contributed by atoms with van der Waals surface area (Å²) in [5.41, 5.74) is 2.36. The summed E-state index contributed by atoms with van der Waals surface area (Å²) in [5, 5.41) is 3.85. The normalized spacial score (nSPS) is 12.2. The highest BCUT2D eigenvalue weighted by atomic mass is 79.9. The lowest BCUT2D eigenvalue weighted by Crippen LogP contribution is -2.06. The molecule has 0 aliphatic heterocycles. The smallest absolute Gasteiger partial charge is 0.143 e. The summed E-state index contributed by atoms with van der Waals surface area (Å²) in [4.78, 5) is 4.09. The summed E-state index contributed by atoms with van der Waals surface area (Å²) < 4.78 is 0.815. The first-order chi connectivity index (χ1) is 9.16. The number of anilines is 1. The van der Waals surface area contributed by atoms with Gasteiger partial charge in [-0.25, -0.2) is 4.98 Å². The van der Waals surface area contributed by atoms with Crippen LogP contribution >= 0.6 is 27.5 Å². The number of hydrogen-bond donors (Lipinski definition) is 1. The summed E-state index contributed by atoms with van der Waals surface area (Å²) in [7, 11) is 0. The first kappa shape index (κ1) is 14.4. The third-order valence-electron chi connectivity index (χ3n) is 3.07. The van der Waals surface area contributed by atoms with Gasteiger partial charge in [-0.1, -0.05) is 48.9 Å². The minimum Gasteiger partial charge on any atom is -0.384 e. The van der Waals surface area contributed by atoms with Crippen molar-refractivity contribution in [2.75, 3.05) is 11.9 Å². The standard InChI is InChI=1S/C15H16BrClN2/c1-11(12-5-3-2-4-6-12)7-8-18-13-9-14(16)15(17)19-10-13/h2-6,9-11,18H,7-8H2,1H3. The van der Waals surface area contributed by atoms with Gasteiger partial charge in [-0.15, -0.1) is 0 Å². The van der Waals surface area contributed by atoms with E-state index in [0.29, 0.717) is 11.1 Å². The molecule has 2 rings (SSSR count). The Morgan fingerprint density at radius 3 is 2.74 bits per heavy atom. The molecule has 1 heterocycles. The fraction of sp³-hybridized carbons (Fsp3) is 0.267. The van der Waals surface area contributed by atoms with Crippen molar-refractivity contribution in [3.8, 4) is 0 Å². The first-order valence-corrected chi connectivity index (χ1v) is 7.44. The Labute approximate surface area is 127 Å². The monoisotopic (exact) mass is 338 g/mol. The third kappa shape index (κ3) is 4.22. The van der Waals surface area contributed by atoms with Crippen LogP contribution in [0.4, 0.5) is 5.69 Å². The van der Waals surface area contributed by atoms with E-state index in [9.17, 15) is 0 Å². The van der Waals surface area contributed by atoms with Gasteiger partial charge in [0.1, 0.15) is 5.15 Å². The molecule has 0 spiro atoms. The quantitative estimate of drug-likeness (QED) is 0.766. The number of nitrogens with one attached hydrogen (secondary N) is 1. The van der Waals surface area contributed by atoms with E-state index < -0.39 is 0 Å². The molecular weight excluding hydrogens is 324 g/mol. The van der Waals surface area contributed by atoms with Crippen molar-refractivity contribution in [3.05, 3.63) is 57.8 Å². The fourth-order valence-corrected chi connectivity index (χ4v) is 2.35. The van der Waals surface area contributed by atoms with Crippen LogP contribution in [0.1, 0.15) is 24.8 Å². The van der Waals surface area contributed by atoms with Crippen LogP contribution in [0.25, 0.3) is 0 Å². The second-order valence-corrected chi connectivity index (χ2v) is 5.74. The molecule has 0 amide bonds. The molecule has 0 aliphatic rings. The molecule has 100 valence electrons. The van der Waals surface area contributed by atoms with Crippen molar-refractivity contribution in [2.45, 2.75) is 19.3 Å². The second-order valence-electron chi connectivity index (χ2n) is 4.52. The van der Waals surface area contributed by atoms with Crippen LogP contribution in [0.15, 0.2) is 47.1 Å². The van der Waals surface area contributed by atoms with E-state index in [1.165, 1.54) is 5.56 Å².